The lowest BCUT2D eigenvalue weighted by Crippen LogP contribution is -2.06. The predicted molar refractivity (Wildman–Crippen MR) is 65.1 cm³/mol. The van der Waals surface area contributed by atoms with E-state index in [1.165, 1.54) is 0 Å². The van der Waals surface area contributed by atoms with Crippen LogP contribution in [0.1, 0.15) is 21.9 Å². The second kappa shape index (κ2) is 4.05. The maximum Gasteiger partial charge on any atom is 0.354 e. The topological polar surface area (TPSA) is 55.1 Å². The number of hydrogen-bond donors (Lipinski definition) is 1. The number of aromatic nitrogens is 2. The van der Waals surface area contributed by atoms with E-state index in [0.717, 1.165) is 11.1 Å². The first-order valence-electron chi connectivity index (χ1n) is 5.34. The molecule has 0 saturated carbocycles. The van der Waals surface area contributed by atoms with Crippen LogP contribution in [0, 0.1) is 13.8 Å². The van der Waals surface area contributed by atoms with Gasteiger partial charge in [0.1, 0.15) is 11.5 Å². The van der Waals surface area contributed by atoms with E-state index < -0.39 is 5.97 Å². The second-order valence-electron chi connectivity index (χ2n) is 4.09. The number of carboxylic acids is 1. The van der Waals surface area contributed by atoms with Crippen LogP contribution in [0.25, 0.3) is 11.3 Å². The molecular weight excluding hydrogens is 216 g/mol. The van der Waals surface area contributed by atoms with Crippen LogP contribution in [0.4, 0.5) is 0 Å². The summed E-state index contributed by atoms with van der Waals surface area (Å²) in [5.41, 5.74) is 2.68. The van der Waals surface area contributed by atoms with Crippen LogP contribution in [0.5, 0.6) is 0 Å². The van der Waals surface area contributed by atoms with Crippen LogP contribution in [-0.2, 0) is 7.05 Å². The van der Waals surface area contributed by atoms with Gasteiger partial charge in [0.25, 0.3) is 0 Å². The molecule has 1 heterocycles. The molecule has 0 aliphatic heterocycles. The molecule has 0 aliphatic rings. The Balaban J connectivity index is 2.67. The molecule has 0 bridgehead atoms. The number of imidazole rings is 1. The van der Waals surface area contributed by atoms with E-state index in [1.54, 1.807) is 18.5 Å². The zero-order chi connectivity index (χ0) is 12.6. The molecule has 4 nitrogen and oxygen atoms in total. The van der Waals surface area contributed by atoms with Crippen molar-refractivity contribution < 1.29 is 9.90 Å². The molecule has 1 N–H and O–H groups in total. The third-order valence-corrected chi connectivity index (χ3v) is 2.81. The van der Waals surface area contributed by atoms with Gasteiger partial charge in [0, 0.05) is 12.6 Å². The first-order valence-corrected chi connectivity index (χ1v) is 5.34. The molecule has 1 aromatic heterocycles. The molecule has 2 rings (SSSR count). The van der Waals surface area contributed by atoms with Gasteiger partial charge in [-0.1, -0.05) is 23.8 Å². The van der Waals surface area contributed by atoms with Crippen molar-refractivity contribution in [3.05, 3.63) is 41.3 Å². The summed E-state index contributed by atoms with van der Waals surface area (Å²) < 4.78 is 1.60. The molecule has 0 radical (unpaired) electrons. The standard InChI is InChI=1S/C13H14N2O2/c1-8-5-4-6-10(7-8)11-12(13(16)17)15(3)9(2)14-11/h4-7H,1-3H3,(H,16,17). The van der Waals surface area contributed by atoms with Crippen molar-refractivity contribution in [1.82, 2.24) is 9.55 Å². The predicted octanol–water partition coefficient (Wildman–Crippen LogP) is 2.40. The number of nitrogens with zero attached hydrogens (tertiary/aromatic N) is 2. The molecule has 0 fully saturated rings. The summed E-state index contributed by atoms with van der Waals surface area (Å²) in [6, 6.07) is 7.69. The minimum Gasteiger partial charge on any atom is -0.477 e. The van der Waals surface area contributed by atoms with E-state index in [-0.39, 0.29) is 5.69 Å². The fourth-order valence-corrected chi connectivity index (χ4v) is 1.85. The maximum atomic E-state index is 11.3. The van der Waals surface area contributed by atoms with Crippen molar-refractivity contribution >= 4 is 5.97 Å². The summed E-state index contributed by atoms with van der Waals surface area (Å²) in [4.78, 5) is 15.6. The number of aryl methyl sites for hydroxylation is 2. The van der Waals surface area contributed by atoms with Crippen LogP contribution >= 0.6 is 0 Å². The Morgan fingerprint density at radius 3 is 2.65 bits per heavy atom. The van der Waals surface area contributed by atoms with Gasteiger partial charge in [-0.15, -0.1) is 0 Å². The zero-order valence-electron chi connectivity index (χ0n) is 10.1. The monoisotopic (exact) mass is 230 g/mol. The minimum absolute atomic E-state index is 0.230. The second-order valence-corrected chi connectivity index (χ2v) is 4.09. The Morgan fingerprint density at radius 2 is 2.06 bits per heavy atom. The number of carbonyl (C=O) groups is 1. The molecule has 17 heavy (non-hydrogen) atoms. The van der Waals surface area contributed by atoms with Gasteiger partial charge in [0.2, 0.25) is 0 Å². The van der Waals surface area contributed by atoms with Crippen molar-refractivity contribution in [3.63, 3.8) is 0 Å². The number of aromatic carboxylic acids is 1. The maximum absolute atomic E-state index is 11.3. The van der Waals surface area contributed by atoms with Gasteiger partial charge in [-0.2, -0.15) is 0 Å². The van der Waals surface area contributed by atoms with Crippen molar-refractivity contribution in [1.29, 1.82) is 0 Å². The molecule has 0 amide bonds. The summed E-state index contributed by atoms with van der Waals surface area (Å²) in [6.07, 6.45) is 0. The molecule has 0 spiro atoms. The Bertz CT molecular complexity index is 585. The van der Waals surface area contributed by atoms with Gasteiger partial charge in [0.05, 0.1) is 0 Å². The highest BCUT2D eigenvalue weighted by molar-refractivity contribution is 5.93. The summed E-state index contributed by atoms with van der Waals surface area (Å²) in [5.74, 6) is -0.261. The molecule has 0 saturated heterocycles. The van der Waals surface area contributed by atoms with E-state index in [1.807, 2.05) is 31.2 Å². The average Bonchev–Trinajstić information content (AvgIpc) is 2.55. The average molecular weight is 230 g/mol. The van der Waals surface area contributed by atoms with Gasteiger partial charge in [0.15, 0.2) is 5.69 Å². The molecule has 4 heteroatoms. The van der Waals surface area contributed by atoms with Crippen LogP contribution in [-0.4, -0.2) is 20.6 Å². The van der Waals surface area contributed by atoms with E-state index in [4.69, 9.17) is 0 Å². The van der Waals surface area contributed by atoms with E-state index >= 15 is 0 Å². The SMILES string of the molecule is Cc1cccc(-c2nc(C)n(C)c2C(=O)O)c1. The molecule has 88 valence electrons. The van der Waals surface area contributed by atoms with Crippen LogP contribution in [0.15, 0.2) is 24.3 Å². The van der Waals surface area contributed by atoms with Crippen molar-refractivity contribution in [2.45, 2.75) is 13.8 Å². The van der Waals surface area contributed by atoms with Gasteiger partial charge >= 0.3 is 5.97 Å². The van der Waals surface area contributed by atoms with Gasteiger partial charge in [-0.3, -0.25) is 0 Å². The highest BCUT2D eigenvalue weighted by atomic mass is 16.4. The highest BCUT2D eigenvalue weighted by Crippen LogP contribution is 2.24. The largest absolute Gasteiger partial charge is 0.477 e. The minimum atomic E-state index is -0.954. The lowest BCUT2D eigenvalue weighted by atomic mass is 10.1. The zero-order valence-corrected chi connectivity index (χ0v) is 10.1. The van der Waals surface area contributed by atoms with Gasteiger partial charge in [-0.05, 0) is 19.9 Å². The van der Waals surface area contributed by atoms with Crippen molar-refractivity contribution in [2.24, 2.45) is 7.05 Å². The first kappa shape index (κ1) is 11.4. The molecular formula is C13H14N2O2. The summed E-state index contributed by atoms with van der Waals surface area (Å²) in [6.45, 7) is 3.77. The van der Waals surface area contributed by atoms with Crippen LogP contribution < -0.4 is 0 Å². The Hall–Kier alpha value is -2.10. The van der Waals surface area contributed by atoms with Gasteiger partial charge < -0.3 is 9.67 Å². The normalized spacial score (nSPS) is 10.5. The molecule has 0 aliphatic carbocycles. The first-order chi connectivity index (χ1) is 8.00. The Labute approximate surface area is 99.5 Å². The third-order valence-electron chi connectivity index (χ3n) is 2.81. The van der Waals surface area contributed by atoms with Crippen LogP contribution in [0.3, 0.4) is 0 Å². The number of benzene rings is 1. The lowest BCUT2D eigenvalue weighted by molar-refractivity contribution is 0.0687. The number of carboxylic acid groups (broad SMARTS) is 1. The fraction of sp³-hybridized carbons (Fsp3) is 0.231. The smallest absolute Gasteiger partial charge is 0.354 e. The van der Waals surface area contributed by atoms with E-state index in [9.17, 15) is 9.90 Å². The molecule has 1 aromatic carbocycles. The molecule has 0 atom stereocenters. The fourth-order valence-electron chi connectivity index (χ4n) is 1.85. The van der Waals surface area contributed by atoms with E-state index in [2.05, 4.69) is 4.98 Å². The number of rotatable bonds is 2. The summed E-state index contributed by atoms with van der Waals surface area (Å²) >= 11 is 0. The molecule has 0 unspecified atom stereocenters. The van der Waals surface area contributed by atoms with Gasteiger partial charge in [-0.25, -0.2) is 9.78 Å². The number of hydrogen-bond acceptors (Lipinski definition) is 2. The third kappa shape index (κ3) is 1.93. The summed E-state index contributed by atoms with van der Waals surface area (Å²) in [7, 11) is 1.71. The highest BCUT2D eigenvalue weighted by Gasteiger charge is 2.19. The summed E-state index contributed by atoms with van der Waals surface area (Å²) in [5, 5.41) is 9.23. The van der Waals surface area contributed by atoms with Crippen LogP contribution in [0.2, 0.25) is 0 Å². The quantitative estimate of drug-likeness (QED) is 0.861. The molecule has 2 aromatic rings. The Morgan fingerprint density at radius 1 is 1.35 bits per heavy atom. The van der Waals surface area contributed by atoms with E-state index in [0.29, 0.717) is 11.5 Å². The van der Waals surface area contributed by atoms with Crippen molar-refractivity contribution in [3.8, 4) is 11.3 Å². The lowest BCUT2D eigenvalue weighted by Gasteiger charge is -2.02. The van der Waals surface area contributed by atoms with Crippen molar-refractivity contribution in [2.75, 3.05) is 0 Å². The Kier molecular flexibility index (Phi) is 2.71.